The number of nitrogens with one attached hydrogen (secondary N) is 1. The number of benzene rings is 1. The van der Waals surface area contributed by atoms with Crippen molar-refractivity contribution in [1.82, 2.24) is 5.32 Å². The molecular weight excluding hydrogens is 264 g/mol. The summed E-state index contributed by atoms with van der Waals surface area (Å²) in [5.41, 5.74) is 4.23. The Balaban J connectivity index is 2.43. The zero-order valence-corrected chi connectivity index (χ0v) is 11.6. The topological polar surface area (TPSA) is 15.3 Å². The van der Waals surface area contributed by atoms with Crippen LogP contribution < -0.4 is 10.2 Å². The summed E-state index contributed by atoms with van der Waals surface area (Å²) in [6.07, 6.45) is 1.20. The second-order valence-electron chi connectivity index (χ2n) is 4.39. The first-order valence-electron chi connectivity index (χ1n) is 5.97. The molecule has 0 aromatic heterocycles. The highest BCUT2D eigenvalue weighted by atomic mass is 79.9. The molecule has 0 aliphatic carbocycles. The second-order valence-corrected chi connectivity index (χ2v) is 5.31. The molecule has 0 atom stereocenters. The van der Waals surface area contributed by atoms with E-state index in [0.29, 0.717) is 0 Å². The summed E-state index contributed by atoms with van der Waals surface area (Å²) in [5.74, 6) is 0. The maximum absolute atomic E-state index is 3.58. The number of hydrogen-bond donors (Lipinski definition) is 1. The predicted octanol–water partition coefficient (Wildman–Crippen LogP) is 3.08. The summed E-state index contributed by atoms with van der Waals surface area (Å²) >= 11 is 3.58. The molecule has 1 aliphatic rings. The summed E-state index contributed by atoms with van der Waals surface area (Å²) in [4.78, 5) is 2.51. The zero-order valence-electron chi connectivity index (χ0n) is 10.0. The molecule has 1 aromatic rings. The number of halogens is 1. The molecule has 0 bridgehead atoms. The molecule has 0 fully saturated rings. The molecule has 3 heteroatoms. The first kappa shape index (κ1) is 11.9. The van der Waals surface area contributed by atoms with E-state index in [2.05, 4.69) is 52.1 Å². The molecule has 1 aromatic carbocycles. The van der Waals surface area contributed by atoms with Crippen LogP contribution >= 0.6 is 15.9 Å². The van der Waals surface area contributed by atoms with Crippen LogP contribution in [0.3, 0.4) is 0 Å². The minimum atomic E-state index is 0.982. The number of rotatable bonds is 2. The van der Waals surface area contributed by atoms with Crippen molar-refractivity contribution in [2.24, 2.45) is 0 Å². The van der Waals surface area contributed by atoms with E-state index in [-0.39, 0.29) is 0 Å². The fourth-order valence-corrected chi connectivity index (χ4v) is 3.05. The standard InChI is InChI=1S/C13H19BrN2/c1-3-5-16-6-4-15-9-11-8-12(14)7-10(2)13(11)16/h7-8,15H,3-6,9H2,1-2H3. The van der Waals surface area contributed by atoms with Gasteiger partial charge >= 0.3 is 0 Å². The van der Waals surface area contributed by atoms with Crippen LogP contribution in [0.2, 0.25) is 0 Å². The van der Waals surface area contributed by atoms with Crippen molar-refractivity contribution in [1.29, 1.82) is 0 Å². The fourth-order valence-electron chi connectivity index (χ4n) is 2.43. The summed E-state index contributed by atoms with van der Waals surface area (Å²) in [6.45, 7) is 8.77. The Labute approximate surface area is 106 Å². The Hall–Kier alpha value is -0.540. The van der Waals surface area contributed by atoms with Crippen molar-refractivity contribution in [3.05, 3.63) is 27.7 Å². The van der Waals surface area contributed by atoms with Gasteiger partial charge in [-0.1, -0.05) is 22.9 Å². The summed E-state index contributed by atoms with van der Waals surface area (Å²) < 4.78 is 1.18. The van der Waals surface area contributed by atoms with Crippen LogP contribution in [0.1, 0.15) is 24.5 Å². The van der Waals surface area contributed by atoms with Crippen molar-refractivity contribution in [2.45, 2.75) is 26.8 Å². The smallest absolute Gasteiger partial charge is 0.0442 e. The number of nitrogens with zero attached hydrogens (tertiary/aromatic N) is 1. The van der Waals surface area contributed by atoms with Crippen molar-refractivity contribution in [2.75, 3.05) is 24.5 Å². The minimum absolute atomic E-state index is 0.982. The third kappa shape index (κ3) is 2.41. The fraction of sp³-hybridized carbons (Fsp3) is 0.538. The van der Waals surface area contributed by atoms with Crippen LogP contribution in [-0.4, -0.2) is 19.6 Å². The number of hydrogen-bond acceptors (Lipinski definition) is 2. The van der Waals surface area contributed by atoms with Gasteiger partial charge < -0.3 is 10.2 Å². The van der Waals surface area contributed by atoms with E-state index in [4.69, 9.17) is 0 Å². The van der Waals surface area contributed by atoms with E-state index < -0.39 is 0 Å². The van der Waals surface area contributed by atoms with Gasteiger partial charge in [0, 0.05) is 36.3 Å². The van der Waals surface area contributed by atoms with Crippen molar-refractivity contribution < 1.29 is 0 Å². The lowest BCUT2D eigenvalue weighted by Gasteiger charge is -2.26. The molecule has 0 radical (unpaired) electrons. The van der Waals surface area contributed by atoms with Gasteiger partial charge in [-0.25, -0.2) is 0 Å². The van der Waals surface area contributed by atoms with Gasteiger partial charge in [0.25, 0.3) is 0 Å². The lowest BCUT2D eigenvalue weighted by molar-refractivity contribution is 0.683. The molecule has 0 spiro atoms. The van der Waals surface area contributed by atoms with Gasteiger partial charge in [-0.05, 0) is 36.6 Å². The molecule has 0 unspecified atom stereocenters. The summed E-state index contributed by atoms with van der Waals surface area (Å²) in [5, 5.41) is 3.48. The normalized spacial score (nSPS) is 15.8. The SMILES string of the molecule is CCCN1CCNCc2cc(Br)cc(C)c21. The van der Waals surface area contributed by atoms with Gasteiger partial charge in [-0.15, -0.1) is 0 Å². The molecular formula is C13H19BrN2. The van der Waals surface area contributed by atoms with Gasteiger partial charge in [0.1, 0.15) is 0 Å². The van der Waals surface area contributed by atoms with Crippen LogP contribution in [0.5, 0.6) is 0 Å². The Kier molecular flexibility index (Phi) is 3.87. The predicted molar refractivity (Wildman–Crippen MR) is 73.1 cm³/mol. The van der Waals surface area contributed by atoms with E-state index in [9.17, 15) is 0 Å². The van der Waals surface area contributed by atoms with Gasteiger partial charge in [0.2, 0.25) is 0 Å². The monoisotopic (exact) mass is 282 g/mol. The van der Waals surface area contributed by atoms with Crippen LogP contribution in [0, 0.1) is 6.92 Å². The zero-order chi connectivity index (χ0) is 11.5. The highest BCUT2D eigenvalue weighted by Gasteiger charge is 2.16. The molecule has 0 saturated carbocycles. The largest absolute Gasteiger partial charge is 0.370 e. The van der Waals surface area contributed by atoms with E-state index in [1.165, 1.54) is 27.7 Å². The molecule has 1 heterocycles. The maximum Gasteiger partial charge on any atom is 0.0442 e. The average molecular weight is 283 g/mol. The highest BCUT2D eigenvalue weighted by Crippen LogP contribution is 2.30. The highest BCUT2D eigenvalue weighted by molar-refractivity contribution is 9.10. The van der Waals surface area contributed by atoms with Gasteiger partial charge in [0.15, 0.2) is 0 Å². The van der Waals surface area contributed by atoms with Gasteiger partial charge in [0.05, 0.1) is 0 Å². The Morgan fingerprint density at radius 2 is 2.25 bits per heavy atom. The quantitative estimate of drug-likeness (QED) is 0.897. The molecule has 0 amide bonds. The number of fused-ring (bicyclic) bond motifs is 1. The van der Waals surface area contributed by atoms with Crippen LogP contribution in [0.15, 0.2) is 16.6 Å². The van der Waals surface area contributed by atoms with Crippen molar-refractivity contribution in [3.8, 4) is 0 Å². The van der Waals surface area contributed by atoms with E-state index in [0.717, 1.165) is 26.2 Å². The first-order valence-corrected chi connectivity index (χ1v) is 6.76. The molecule has 2 nitrogen and oxygen atoms in total. The molecule has 2 rings (SSSR count). The van der Waals surface area contributed by atoms with E-state index in [1.807, 2.05) is 0 Å². The molecule has 1 N–H and O–H groups in total. The first-order chi connectivity index (χ1) is 7.72. The van der Waals surface area contributed by atoms with Crippen molar-refractivity contribution >= 4 is 21.6 Å². The average Bonchev–Trinajstić information content (AvgIpc) is 2.41. The molecule has 0 saturated heterocycles. The Morgan fingerprint density at radius 1 is 1.44 bits per heavy atom. The third-order valence-corrected chi connectivity index (χ3v) is 3.49. The summed E-state index contributed by atoms with van der Waals surface area (Å²) in [7, 11) is 0. The lowest BCUT2D eigenvalue weighted by Crippen LogP contribution is -2.29. The molecule has 16 heavy (non-hydrogen) atoms. The van der Waals surface area contributed by atoms with Crippen LogP contribution in [0.25, 0.3) is 0 Å². The van der Waals surface area contributed by atoms with Crippen LogP contribution in [0.4, 0.5) is 5.69 Å². The van der Waals surface area contributed by atoms with Gasteiger partial charge in [-0.2, -0.15) is 0 Å². The Morgan fingerprint density at radius 3 is 3.00 bits per heavy atom. The summed E-state index contributed by atoms with van der Waals surface area (Å²) in [6, 6.07) is 4.45. The molecule has 88 valence electrons. The third-order valence-electron chi connectivity index (χ3n) is 3.03. The lowest BCUT2D eigenvalue weighted by atomic mass is 10.1. The van der Waals surface area contributed by atoms with E-state index >= 15 is 0 Å². The second kappa shape index (κ2) is 5.19. The van der Waals surface area contributed by atoms with Crippen LogP contribution in [-0.2, 0) is 6.54 Å². The number of anilines is 1. The Bertz CT molecular complexity index is 376. The van der Waals surface area contributed by atoms with Crippen molar-refractivity contribution in [3.63, 3.8) is 0 Å². The van der Waals surface area contributed by atoms with E-state index in [1.54, 1.807) is 0 Å². The molecule has 1 aliphatic heterocycles. The van der Waals surface area contributed by atoms with Gasteiger partial charge in [-0.3, -0.25) is 0 Å². The number of aryl methyl sites for hydroxylation is 1. The minimum Gasteiger partial charge on any atom is -0.370 e. The maximum atomic E-state index is 3.58.